The molecule has 0 N–H and O–H groups in total. The zero-order valence-electron chi connectivity index (χ0n) is 10.2. The van der Waals surface area contributed by atoms with Gasteiger partial charge in [0.15, 0.2) is 0 Å². The highest BCUT2D eigenvalue weighted by molar-refractivity contribution is 6.56. The summed E-state index contributed by atoms with van der Waals surface area (Å²) in [7, 11) is -1.33. The Labute approximate surface area is 89.8 Å². The van der Waals surface area contributed by atoms with Crippen molar-refractivity contribution in [1.82, 2.24) is 0 Å². The lowest BCUT2D eigenvalue weighted by molar-refractivity contribution is -0.135. The zero-order valence-corrected chi connectivity index (χ0v) is 11.3. The molecule has 3 heteroatoms. The third-order valence-corrected chi connectivity index (χ3v) is 5.48. The molecule has 0 aliphatic rings. The minimum Gasteiger partial charge on any atom is -0.521 e. The number of carbonyl (C=O) groups is 1. The summed E-state index contributed by atoms with van der Waals surface area (Å²) in [6.45, 7) is 10.7. The van der Waals surface area contributed by atoms with E-state index in [1.165, 1.54) is 0 Å². The van der Waals surface area contributed by atoms with Crippen molar-refractivity contribution in [3.8, 4) is 0 Å². The Kier molecular flexibility index (Phi) is 6.88. The molecule has 2 nitrogen and oxygen atoms in total. The van der Waals surface area contributed by atoms with Gasteiger partial charge in [0.05, 0.1) is 0 Å². The Bertz CT molecular complexity index is 159. The molecule has 0 bridgehead atoms. The highest BCUT2D eigenvalue weighted by Gasteiger charge is 2.24. The predicted molar refractivity (Wildman–Crippen MR) is 63.0 cm³/mol. The van der Waals surface area contributed by atoms with Crippen LogP contribution >= 0.6 is 0 Å². The van der Waals surface area contributed by atoms with Gasteiger partial charge in [-0.3, -0.25) is 4.79 Å². The van der Waals surface area contributed by atoms with Crippen LogP contribution in [-0.2, 0) is 9.22 Å². The van der Waals surface area contributed by atoms with E-state index in [1.807, 2.05) is 0 Å². The molecule has 0 saturated carbocycles. The van der Waals surface area contributed by atoms with Crippen LogP contribution in [0.4, 0.5) is 0 Å². The Morgan fingerprint density at radius 1 is 1.21 bits per heavy atom. The average molecular weight is 216 g/mol. The van der Waals surface area contributed by atoms with Crippen molar-refractivity contribution in [3.05, 3.63) is 0 Å². The van der Waals surface area contributed by atoms with E-state index in [0.29, 0.717) is 17.5 Å². The van der Waals surface area contributed by atoms with E-state index in [-0.39, 0.29) is 5.97 Å². The lowest BCUT2D eigenvalue weighted by atomic mass is 10.3. The molecule has 0 aromatic heterocycles. The zero-order chi connectivity index (χ0) is 11.1. The van der Waals surface area contributed by atoms with E-state index in [4.69, 9.17) is 4.43 Å². The van der Waals surface area contributed by atoms with Crippen molar-refractivity contribution in [2.24, 2.45) is 0 Å². The summed E-state index contributed by atoms with van der Waals surface area (Å²) in [5, 5.41) is 0. The summed E-state index contributed by atoms with van der Waals surface area (Å²) in [6.07, 6.45) is 2.61. The van der Waals surface area contributed by atoms with Gasteiger partial charge in [-0.15, -0.1) is 0 Å². The first-order chi connectivity index (χ1) is 6.49. The molecule has 0 fully saturated rings. The van der Waals surface area contributed by atoms with Gasteiger partial charge in [0.2, 0.25) is 9.04 Å². The molecule has 0 saturated heterocycles. The van der Waals surface area contributed by atoms with Crippen LogP contribution in [0.2, 0.25) is 11.1 Å². The summed E-state index contributed by atoms with van der Waals surface area (Å²) < 4.78 is 5.58. The molecule has 0 spiro atoms. The highest BCUT2D eigenvalue weighted by atomic mass is 28.3. The first kappa shape index (κ1) is 13.7. The molecule has 14 heavy (non-hydrogen) atoms. The molecule has 0 rings (SSSR count). The number of hydrogen-bond donors (Lipinski definition) is 0. The van der Waals surface area contributed by atoms with Gasteiger partial charge < -0.3 is 4.43 Å². The van der Waals surface area contributed by atoms with Gasteiger partial charge in [0.25, 0.3) is 5.97 Å². The van der Waals surface area contributed by atoms with Crippen LogP contribution in [0.25, 0.3) is 0 Å². The summed E-state index contributed by atoms with van der Waals surface area (Å²) in [6, 6.07) is 0. The van der Waals surface area contributed by atoms with E-state index in [9.17, 15) is 4.79 Å². The maximum absolute atomic E-state index is 11.4. The minimum atomic E-state index is -1.33. The average Bonchev–Trinajstić information content (AvgIpc) is 2.09. The van der Waals surface area contributed by atoms with Gasteiger partial charge in [0, 0.05) is 6.42 Å². The molecule has 0 aromatic carbocycles. The van der Waals surface area contributed by atoms with E-state index in [0.717, 1.165) is 12.8 Å². The first-order valence-electron chi connectivity index (χ1n) is 5.68. The molecule has 0 aromatic rings. The largest absolute Gasteiger partial charge is 0.521 e. The fraction of sp³-hybridized carbons (Fsp3) is 0.909. The molecule has 0 heterocycles. The Balaban J connectivity index is 3.97. The number of hydrogen-bond acceptors (Lipinski definition) is 2. The second kappa shape index (κ2) is 7.04. The Morgan fingerprint density at radius 2 is 1.71 bits per heavy atom. The van der Waals surface area contributed by atoms with Gasteiger partial charge in [-0.25, -0.2) is 0 Å². The molecule has 0 atom stereocenters. The molecule has 0 aliphatic carbocycles. The number of unbranched alkanes of at least 4 members (excludes halogenated alkanes) is 1. The summed E-state index contributed by atoms with van der Waals surface area (Å²) in [5.74, 6) is 0.0194. The van der Waals surface area contributed by atoms with Crippen LogP contribution in [0.15, 0.2) is 0 Å². The number of rotatable bonds is 6. The van der Waals surface area contributed by atoms with Crippen molar-refractivity contribution < 1.29 is 9.22 Å². The van der Waals surface area contributed by atoms with E-state index in [2.05, 4.69) is 34.6 Å². The third kappa shape index (κ3) is 5.42. The van der Waals surface area contributed by atoms with Crippen LogP contribution < -0.4 is 0 Å². The fourth-order valence-corrected chi connectivity index (χ4v) is 4.08. The summed E-state index contributed by atoms with van der Waals surface area (Å²) in [4.78, 5) is 11.4. The van der Waals surface area contributed by atoms with Crippen LogP contribution in [0.1, 0.15) is 53.9 Å². The van der Waals surface area contributed by atoms with Crippen LogP contribution in [0, 0.1) is 0 Å². The monoisotopic (exact) mass is 216 g/mol. The molecule has 0 amide bonds. The quantitative estimate of drug-likeness (QED) is 0.637. The normalized spacial score (nSPS) is 11.4. The molecule has 84 valence electrons. The lowest BCUT2D eigenvalue weighted by Crippen LogP contribution is -2.28. The van der Waals surface area contributed by atoms with E-state index in [1.54, 1.807) is 0 Å². The second-order valence-electron chi connectivity index (χ2n) is 4.55. The molecule has 0 aliphatic heterocycles. The third-order valence-electron chi connectivity index (χ3n) is 2.32. The number of carbonyl (C=O) groups excluding carboxylic acids is 1. The van der Waals surface area contributed by atoms with Gasteiger partial charge in [0.1, 0.15) is 0 Å². The summed E-state index contributed by atoms with van der Waals surface area (Å²) >= 11 is 0. The Hall–Kier alpha value is -0.313. The predicted octanol–water partition coefficient (Wildman–Crippen LogP) is 3.26. The van der Waals surface area contributed by atoms with Crippen LogP contribution in [-0.4, -0.2) is 15.0 Å². The summed E-state index contributed by atoms with van der Waals surface area (Å²) in [5.41, 5.74) is 1.08. The second-order valence-corrected chi connectivity index (χ2v) is 8.38. The van der Waals surface area contributed by atoms with Crippen molar-refractivity contribution in [2.75, 3.05) is 0 Å². The van der Waals surface area contributed by atoms with Gasteiger partial charge in [-0.05, 0) is 17.5 Å². The van der Waals surface area contributed by atoms with Crippen molar-refractivity contribution >= 4 is 15.0 Å². The maximum Gasteiger partial charge on any atom is 0.292 e. The maximum atomic E-state index is 11.4. The highest BCUT2D eigenvalue weighted by Crippen LogP contribution is 2.21. The van der Waals surface area contributed by atoms with Gasteiger partial charge >= 0.3 is 0 Å². The molecule has 0 unspecified atom stereocenters. The van der Waals surface area contributed by atoms with Gasteiger partial charge in [-0.2, -0.15) is 0 Å². The smallest absolute Gasteiger partial charge is 0.292 e. The SMILES string of the molecule is CCCCC(=O)O[SiH](C(C)C)C(C)C. The lowest BCUT2D eigenvalue weighted by Gasteiger charge is -2.22. The topological polar surface area (TPSA) is 26.3 Å². The first-order valence-corrected chi connectivity index (χ1v) is 7.49. The van der Waals surface area contributed by atoms with Crippen LogP contribution in [0.5, 0.6) is 0 Å². The molecular formula is C11H24O2Si. The van der Waals surface area contributed by atoms with Gasteiger partial charge in [-0.1, -0.05) is 41.0 Å². The molecule has 0 radical (unpaired) electrons. The minimum absolute atomic E-state index is 0.0194. The Morgan fingerprint density at radius 3 is 2.07 bits per heavy atom. The van der Waals surface area contributed by atoms with Crippen molar-refractivity contribution in [1.29, 1.82) is 0 Å². The van der Waals surface area contributed by atoms with Crippen molar-refractivity contribution in [2.45, 2.75) is 65.0 Å². The van der Waals surface area contributed by atoms with Crippen LogP contribution in [0.3, 0.4) is 0 Å². The molecular weight excluding hydrogens is 192 g/mol. The fourth-order valence-electron chi connectivity index (χ4n) is 1.57. The van der Waals surface area contributed by atoms with E-state index < -0.39 is 9.04 Å². The standard InChI is InChI=1S/C11H24O2Si/c1-6-7-8-11(12)13-14(9(2)3)10(4)5/h9-10,14H,6-8H2,1-5H3. The van der Waals surface area contributed by atoms with E-state index >= 15 is 0 Å². The van der Waals surface area contributed by atoms with Crippen molar-refractivity contribution in [3.63, 3.8) is 0 Å².